The van der Waals surface area contributed by atoms with Crippen LogP contribution in [0.1, 0.15) is 51.4 Å². The number of hydrogen-bond donors (Lipinski definition) is 2. The minimum absolute atomic E-state index is 0.0490. The molecule has 24 heavy (non-hydrogen) atoms. The number of hydrogen-bond acceptors (Lipinski definition) is 4. The molecule has 2 heterocycles. The summed E-state index contributed by atoms with van der Waals surface area (Å²) in [5.41, 5.74) is 0. The van der Waals surface area contributed by atoms with Crippen molar-refractivity contribution in [3.05, 3.63) is 0 Å². The molecule has 2 aliphatic heterocycles. The molecule has 2 saturated heterocycles. The molecule has 0 spiro atoms. The maximum atomic E-state index is 12.3. The number of carbonyl (C=O) groups excluding carboxylic acids is 4. The Morgan fingerprint density at radius 1 is 0.792 bits per heavy atom. The molecule has 2 fully saturated rings. The largest absolute Gasteiger partial charge is 0.346 e. The third kappa shape index (κ3) is 5.74. The molecular formula is C16H22Cl2N2O4. The van der Waals surface area contributed by atoms with Crippen LogP contribution in [0.2, 0.25) is 0 Å². The lowest BCUT2D eigenvalue weighted by Crippen LogP contribution is -2.41. The van der Waals surface area contributed by atoms with Gasteiger partial charge in [0.25, 0.3) is 0 Å². The third-order valence-electron chi connectivity index (χ3n) is 4.42. The van der Waals surface area contributed by atoms with Gasteiger partial charge >= 0.3 is 0 Å². The molecule has 0 aromatic rings. The molecule has 2 rings (SSSR count). The summed E-state index contributed by atoms with van der Waals surface area (Å²) in [7, 11) is 0. The van der Waals surface area contributed by atoms with Crippen molar-refractivity contribution in [3.63, 3.8) is 0 Å². The van der Waals surface area contributed by atoms with Crippen LogP contribution in [-0.2, 0) is 19.2 Å². The highest BCUT2D eigenvalue weighted by atomic mass is 35.5. The number of ketones is 2. The number of halogens is 2. The molecule has 0 aromatic carbocycles. The lowest BCUT2D eigenvalue weighted by atomic mass is 9.98. The first-order valence-electron chi connectivity index (χ1n) is 8.27. The second-order valence-corrected chi connectivity index (χ2v) is 7.66. The van der Waals surface area contributed by atoms with Crippen molar-refractivity contribution in [2.45, 2.75) is 74.2 Å². The molecule has 0 radical (unpaired) electrons. The minimum atomic E-state index is -0.579. The number of rotatable bonds is 5. The number of amides is 2. The number of Topliss-reactive ketones (excluding diaryl/α,β-unsaturated/α-hetero) is 2. The third-order valence-corrected chi connectivity index (χ3v) is 5.16. The number of nitrogens with one attached hydrogen (secondary N) is 2. The van der Waals surface area contributed by atoms with Crippen LogP contribution in [0.25, 0.3) is 0 Å². The first-order valence-corrected chi connectivity index (χ1v) is 9.14. The zero-order valence-electron chi connectivity index (χ0n) is 13.4. The molecule has 2 amide bonds. The molecule has 2 N–H and O–H groups in total. The number of carbonyl (C=O) groups is 4. The van der Waals surface area contributed by atoms with Crippen molar-refractivity contribution in [1.82, 2.24) is 10.6 Å². The van der Waals surface area contributed by atoms with Crippen LogP contribution in [0, 0.1) is 0 Å². The van der Waals surface area contributed by atoms with Crippen LogP contribution < -0.4 is 10.6 Å². The standard InChI is InChI=1S/C16H22Cl2N2O4/c17-9-1-3-11(19-15(23)7-9)13(21)5-6-14(22)12-4-2-10(18)8-16(24)20-12/h9-12H,1-8H2,(H,19,23)(H,20,24). The quantitative estimate of drug-likeness (QED) is 0.710. The van der Waals surface area contributed by atoms with Crippen molar-refractivity contribution in [3.8, 4) is 0 Å². The first-order chi connectivity index (χ1) is 11.3. The van der Waals surface area contributed by atoms with Gasteiger partial charge in [0, 0.05) is 36.4 Å². The van der Waals surface area contributed by atoms with Gasteiger partial charge in [-0.15, -0.1) is 23.2 Å². The van der Waals surface area contributed by atoms with Crippen molar-refractivity contribution in [1.29, 1.82) is 0 Å². The Morgan fingerprint density at radius 2 is 1.17 bits per heavy atom. The predicted molar refractivity (Wildman–Crippen MR) is 90.1 cm³/mol. The van der Waals surface area contributed by atoms with Crippen LogP contribution in [0.5, 0.6) is 0 Å². The Labute approximate surface area is 151 Å². The SMILES string of the molecule is O=C1CC(Cl)CCC(C(=O)CCC(=O)C2CCC(Cl)CC(=O)N2)N1. The maximum absolute atomic E-state index is 12.3. The van der Waals surface area contributed by atoms with Gasteiger partial charge in [0.1, 0.15) is 0 Å². The van der Waals surface area contributed by atoms with Crippen molar-refractivity contribution in [2.24, 2.45) is 0 Å². The lowest BCUT2D eigenvalue weighted by molar-refractivity contribution is -0.130. The molecule has 4 unspecified atom stereocenters. The van der Waals surface area contributed by atoms with Gasteiger partial charge in [0.2, 0.25) is 11.8 Å². The number of alkyl halides is 2. The minimum Gasteiger partial charge on any atom is -0.346 e. The fraction of sp³-hybridized carbons (Fsp3) is 0.750. The summed E-state index contributed by atoms with van der Waals surface area (Å²) in [4.78, 5) is 47.8. The molecule has 6 nitrogen and oxygen atoms in total. The summed E-state index contributed by atoms with van der Waals surface area (Å²) < 4.78 is 0. The lowest BCUT2D eigenvalue weighted by Gasteiger charge is -2.16. The van der Waals surface area contributed by atoms with E-state index in [-0.39, 0.29) is 59.8 Å². The summed E-state index contributed by atoms with van der Waals surface area (Å²) >= 11 is 12.0. The Balaban J connectivity index is 1.83. The van der Waals surface area contributed by atoms with Gasteiger partial charge in [0.05, 0.1) is 12.1 Å². The summed E-state index contributed by atoms with van der Waals surface area (Å²) in [6.07, 6.45) is 2.65. The summed E-state index contributed by atoms with van der Waals surface area (Å²) in [6, 6.07) is -1.16. The first kappa shape index (κ1) is 19.2. The monoisotopic (exact) mass is 376 g/mol. The zero-order chi connectivity index (χ0) is 17.7. The molecule has 0 saturated carbocycles. The van der Waals surface area contributed by atoms with E-state index in [4.69, 9.17) is 23.2 Å². The predicted octanol–water partition coefficient (Wildman–Crippen LogP) is 1.46. The Kier molecular flexibility index (Phi) is 7.04. The molecule has 4 atom stereocenters. The van der Waals surface area contributed by atoms with E-state index in [2.05, 4.69) is 10.6 Å². The topological polar surface area (TPSA) is 92.3 Å². The van der Waals surface area contributed by atoms with Crippen LogP contribution >= 0.6 is 23.2 Å². The maximum Gasteiger partial charge on any atom is 0.222 e. The summed E-state index contributed by atoms with van der Waals surface area (Å²) in [6.45, 7) is 0. The van der Waals surface area contributed by atoms with E-state index in [9.17, 15) is 19.2 Å². The molecule has 0 aromatic heterocycles. The fourth-order valence-corrected chi connectivity index (χ4v) is 3.56. The molecule has 0 aliphatic carbocycles. The van der Waals surface area contributed by atoms with E-state index in [0.717, 1.165) is 0 Å². The summed E-state index contributed by atoms with van der Waals surface area (Å²) in [5.74, 6) is -0.807. The molecule has 8 heteroatoms. The van der Waals surface area contributed by atoms with Crippen molar-refractivity contribution >= 4 is 46.6 Å². The van der Waals surface area contributed by atoms with Gasteiger partial charge in [0.15, 0.2) is 11.6 Å². The van der Waals surface area contributed by atoms with Gasteiger partial charge in [-0.2, -0.15) is 0 Å². The zero-order valence-corrected chi connectivity index (χ0v) is 14.9. The van der Waals surface area contributed by atoms with Crippen molar-refractivity contribution in [2.75, 3.05) is 0 Å². The average molecular weight is 377 g/mol. The van der Waals surface area contributed by atoms with Crippen LogP contribution in [0.15, 0.2) is 0 Å². The fourth-order valence-electron chi connectivity index (χ4n) is 3.03. The van der Waals surface area contributed by atoms with E-state index in [1.54, 1.807) is 0 Å². The van der Waals surface area contributed by atoms with Gasteiger partial charge in [-0.3, -0.25) is 19.2 Å². The highest BCUT2D eigenvalue weighted by Crippen LogP contribution is 2.19. The Morgan fingerprint density at radius 3 is 1.54 bits per heavy atom. The Hall–Kier alpha value is -1.14. The normalized spacial score (nSPS) is 31.4. The van der Waals surface area contributed by atoms with E-state index in [0.29, 0.717) is 25.7 Å². The van der Waals surface area contributed by atoms with E-state index in [1.807, 2.05) is 0 Å². The van der Waals surface area contributed by atoms with E-state index in [1.165, 1.54) is 0 Å². The van der Waals surface area contributed by atoms with E-state index < -0.39 is 12.1 Å². The highest BCUT2D eigenvalue weighted by molar-refractivity contribution is 6.22. The average Bonchev–Trinajstić information content (AvgIpc) is 2.79. The molecule has 0 bridgehead atoms. The van der Waals surface area contributed by atoms with Gasteiger partial charge in [-0.1, -0.05) is 0 Å². The van der Waals surface area contributed by atoms with Crippen LogP contribution in [-0.4, -0.2) is 46.2 Å². The van der Waals surface area contributed by atoms with E-state index >= 15 is 0 Å². The van der Waals surface area contributed by atoms with Gasteiger partial charge < -0.3 is 10.6 Å². The van der Waals surface area contributed by atoms with Crippen molar-refractivity contribution < 1.29 is 19.2 Å². The van der Waals surface area contributed by atoms with Gasteiger partial charge in [-0.05, 0) is 25.7 Å². The highest BCUT2D eigenvalue weighted by Gasteiger charge is 2.29. The second kappa shape index (κ2) is 8.81. The molecule has 2 aliphatic rings. The second-order valence-electron chi connectivity index (χ2n) is 6.43. The van der Waals surface area contributed by atoms with Crippen LogP contribution in [0.3, 0.4) is 0 Å². The molecule has 134 valence electrons. The summed E-state index contributed by atoms with van der Waals surface area (Å²) in [5, 5.41) is 4.82. The Bertz CT molecular complexity index is 480. The molecular weight excluding hydrogens is 355 g/mol. The van der Waals surface area contributed by atoms with Crippen LogP contribution in [0.4, 0.5) is 0 Å². The smallest absolute Gasteiger partial charge is 0.222 e. The van der Waals surface area contributed by atoms with Gasteiger partial charge in [-0.25, -0.2) is 0 Å².